The van der Waals surface area contributed by atoms with Gasteiger partial charge in [-0.25, -0.2) is 4.39 Å². The highest BCUT2D eigenvalue weighted by atomic mass is 35.5. The molecule has 6 atom stereocenters. The van der Waals surface area contributed by atoms with Crippen molar-refractivity contribution >= 4 is 40.7 Å². The molecule has 0 bridgehead atoms. The fraction of sp³-hybridized carbons (Fsp3) is 0.533. The lowest BCUT2D eigenvalue weighted by atomic mass is 9.46. The number of fused-ring (bicyclic) bond motifs is 3. The van der Waals surface area contributed by atoms with Crippen LogP contribution in [0.15, 0.2) is 36.4 Å². The number of halogens is 5. The number of nitrogens with one attached hydrogen (secondary N) is 3. The van der Waals surface area contributed by atoms with E-state index in [0.717, 1.165) is 0 Å². The van der Waals surface area contributed by atoms with Crippen LogP contribution in [0.4, 0.5) is 18.9 Å². The van der Waals surface area contributed by atoms with Gasteiger partial charge >= 0.3 is 0 Å². The SMILES string of the molecule is COC1C[C@@H](NC(=O)[C@@H]2NC3(CC(CF)(CF)C3)[C@@]3(C(=O)Nc4cc(Cl)ccc43)[C@H]2c2cccc(Cl)c2F)CO[C@@H]1CO. The lowest BCUT2D eigenvalue weighted by Crippen LogP contribution is -2.70. The highest BCUT2D eigenvalue weighted by Crippen LogP contribution is 2.68. The predicted molar refractivity (Wildman–Crippen MR) is 153 cm³/mol. The Bertz CT molecular complexity index is 1440. The Labute approximate surface area is 256 Å². The van der Waals surface area contributed by atoms with Gasteiger partial charge in [0.25, 0.3) is 0 Å². The molecule has 0 aromatic heterocycles. The molecule has 13 heteroatoms. The Hall–Kier alpha value is -2.41. The molecule has 4 aliphatic rings. The summed E-state index contributed by atoms with van der Waals surface area (Å²) in [4.78, 5) is 28.5. The highest BCUT2D eigenvalue weighted by molar-refractivity contribution is 6.31. The Morgan fingerprint density at radius 3 is 2.63 bits per heavy atom. The number of methoxy groups -OCH3 is 1. The summed E-state index contributed by atoms with van der Waals surface area (Å²) < 4.78 is 55.7. The maximum Gasteiger partial charge on any atom is 0.238 e. The molecule has 3 aliphatic heterocycles. The molecule has 43 heavy (non-hydrogen) atoms. The first kappa shape index (κ1) is 30.6. The summed E-state index contributed by atoms with van der Waals surface area (Å²) in [6, 6.07) is 7.43. The summed E-state index contributed by atoms with van der Waals surface area (Å²) in [6.07, 6.45) is -0.930. The van der Waals surface area contributed by atoms with E-state index in [4.69, 9.17) is 32.7 Å². The number of hydrogen-bond acceptors (Lipinski definition) is 6. The van der Waals surface area contributed by atoms with Gasteiger partial charge in [0.2, 0.25) is 11.8 Å². The monoisotopic (exact) mass is 641 g/mol. The summed E-state index contributed by atoms with van der Waals surface area (Å²) in [5.74, 6) is -3.05. The van der Waals surface area contributed by atoms with Crippen molar-refractivity contribution in [1.82, 2.24) is 10.6 Å². The van der Waals surface area contributed by atoms with E-state index in [1.54, 1.807) is 18.2 Å². The summed E-state index contributed by atoms with van der Waals surface area (Å²) in [7, 11) is 1.48. The number of alkyl halides is 2. The molecule has 8 nitrogen and oxygen atoms in total. The number of anilines is 1. The first-order valence-electron chi connectivity index (χ1n) is 14.1. The Morgan fingerprint density at radius 1 is 1.21 bits per heavy atom. The number of hydrogen-bond donors (Lipinski definition) is 4. The number of ether oxygens (including phenoxy) is 2. The molecule has 3 fully saturated rings. The van der Waals surface area contributed by atoms with Crippen LogP contribution >= 0.6 is 23.2 Å². The van der Waals surface area contributed by atoms with E-state index in [2.05, 4.69) is 16.0 Å². The van der Waals surface area contributed by atoms with E-state index < -0.39 is 77.6 Å². The van der Waals surface area contributed by atoms with Gasteiger partial charge in [-0.2, -0.15) is 0 Å². The molecule has 1 aliphatic carbocycles. The topological polar surface area (TPSA) is 109 Å². The van der Waals surface area contributed by atoms with Crippen LogP contribution in [0.5, 0.6) is 0 Å². The molecular weight excluding hydrogens is 610 g/mol. The molecule has 2 aromatic rings. The van der Waals surface area contributed by atoms with Crippen molar-refractivity contribution in [3.05, 3.63) is 63.4 Å². The second kappa shape index (κ2) is 11.2. The van der Waals surface area contributed by atoms with Crippen LogP contribution in [0.2, 0.25) is 10.0 Å². The minimum Gasteiger partial charge on any atom is -0.394 e. The minimum atomic E-state index is -1.64. The van der Waals surface area contributed by atoms with Crippen molar-refractivity contribution in [3.8, 4) is 0 Å². The largest absolute Gasteiger partial charge is 0.394 e. The first-order valence-corrected chi connectivity index (χ1v) is 14.8. The number of aliphatic hydroxyl groups is 1. The molecule has 2 aromatic carbocycles. The van der Waals surface area contributed by atoms with Crippen LogP contribution in [0, 0.1) is 11.2 Å². The van der Waals surface area contributed by atoms with Crippen molar-refractivity contribution in [1.29, 1.82) is 0 Å². The number of rotatable bonds is 7. The quantitative estimate of drug-likeness (QED) is 0.366. The Balaban J connectivity index is 1.49. The summed E-state index contributed by atoms with van der Waals surface area (Å²) >= 11 is 12.5. The zero-order valence-corrected chi connectivity index (χ0v) is 24.8. The van der Waals surface area contributed by atoms with E-state index in [1.807, 2.05) is 0 Å². The standard InChI is InChI=1S/C30H32Cl2F3N3O5/c1-42-21-8-16(10-43-22(21)9-39)36-26(40)25-23(17-3-2-4-19(32)24(17)35)30(29(38-25)11-28(12-29,13-33)14-34)18-6-5-15(31)7-20(18)37-27(30)41/h2-7,16,21-23,25,38-39H,8-14H2,1H3,(H,36,40)(H,37,41)/t16-,21?,22-,23+,25-,30-/m1/s1. The summed E-state index contributed by atoms with van der Waals surface area (Å²) in [6.45, 7) is -2.09. The van der Waals surface area contributed by atoms with Crippen molar-refractivity contribution < 1.29 is 37.3 Å². The number of aliphatic hydroxyl groups excluding tert-OH is 1. The van der Waals surface area contributed by atoms with Crippen molar-refractivity contribution in [3.63, 3.8) is 0 Å². The van der Waals surface area contributed by atoms with Gasteiger partial charge in [0.1, 0.15) is 17.3 Å². The minimum absolute atomic E-state index is 0.0166. The fourth-order valence-electron chi connectivity index (χ4n) is 8.02. The third kappa shape index (κ3) is 4.49. The molecule has 232 valence electrons. The van der Waals surface area contributed by atoms with Crippen LogP contribution in [0.3, 0.4) is 0 Å². The van der Waals surface area contributed by atoms with Gasteiger partial charge in [0.05, 0.1) is 49.8 Å². The van der Waals surface area contributed by atoms with Crippen molar-refractivity contribution in [2.45, 2.75) is 60.4 Å². The second-order valence-corrected chi connectivity index (χ2v) is 13.0. The average molecular weight is 643 g/mol. The van der Waals surface area contributed by atoms with Gasteiger partial charge in [-0.1, -0.05) is 41.4 Å². The van der Waals surface area contributed by atoms with E-state index in [9.17, 15) is 23.5 Å². The van der Waals surface area contributed by atoms with E-state index >= 15 is 4.39 Å². The molecule has 0 radical (unpaired) electrons. The lowest BCUT2D eigenvalue weighted by Gasteiger charge is -2.59. The summed E-state index contributed by atoms with van der Waals surface area (Å²) in [5.41, 5.74) is -3.47. The smallest absolute Gasteiger partial charge is 0.238 e. The molecule has 2 spiro atoms. The number of carbonyl (C=O) groups is 2. The number of benzene rings is 2. The number of amides is 2. The second-order valence-electron chi connectivity index (χ2n) is 12.2. The third-order valence-electron chi connectivity index (χ3n) is 9.79. The van der Waals surface area contributed by atoms with Gasteiger partial charge in [-0.3, -0.25) is 23.7 Å². The average Bonchev–Trinajstić information content (AvgIpc) is 3.45. The van der Waals surface area contributed by atoms with Crippen molar-refractivity contribution in [2.24, 2.45) is 5.41 Å². The van der Waals surface area contributed by atoms with Gasteiger partial charge in [-0.05, 0) is 48.6 Å². The molecule has 2 amide bonds. The molecule has 1 unspecified atom stereocenters. The molecule has 6 rings (SSSR count). The zero-order valence-electron chi connectivity index (χ0n) is 23.3. The molecule has 1 saturated carbocycles. The van der Waals surface area contributed by atoms with Gasteiger partial charge in [0, 0.05) is 34.7 Å². The van der Waals surface area contributed by atoms with Gasteiger partial charge in [0.15, 0.2) is 0 Å². The zero-order chi connectivity index (χ0) is 30.7. The maximum atomic E-state index is 16.0. The predicted octanol–water partition coefficient (Wildman–Crippen LogP) is 3.82. The van der Waals surface area contributed by atoms with E-state index in [-0.39, 0.29) is 36.6 Å². The third-order valence-corrected chi connectivity index (χ3v) is 10.3. The first-order chi connectivity index (χ1) is 20.6. The van der Waals surface area contributed by atoms with Crippen LogP contribution in [0.25, 0.3) is 0 Å². The van der Waals surface area contributed by atoms with Crippen LogP contribution in [-0.4, -0.2) is 80.4 Å². The van der Waals surface area contributed by atoms with Crippen LogP contribution < -0.4 is 16.0 Å². The van der Waals surface area contributed by atoms with Crippen LogP contribution in [-0.2, 0) is 24.5 Å². The fourth-order valence-corrected chi connectivity index (χ4v) is 8.37. The Morgan fingerprint density at radius 2 is 1.95 bits per heavy atom. The summed E-state index contributed by atoms with van der Waals surface area (Å²) in [5, 5.41) is 18.9. The molecule has 2 saturated heterocycles. The Kier molecular flexibility index (Phi) is 7.96. The van der Waals surface area contributed by atoms with Crippen LogP contribution in [0.1, 0.15) is 36.3 Å². The van der Waals surface area contributed by atoms with Gasteiger partial charge in [-0.15, -0.1) is 0 Å². The van der Waals surface area contributed by atoms with E-state index in [0.29, 0.717) is 22.7 Å². The highest BCUT2D eigenvalue weighted by Gasteiger charge is 2.78. The van der Waals surface area contributed by atoms with E-state index in [1.165, 1.54) is 25.3 Å². The van der Waals surface area contributed by atoms with Gasteiger partial charge < -0.3 is 25.2 Å². The lowest BCUT2D eigenvalue weighted by molar-refractivity contribution is -0.135. The molecular formula is C30H32Cl2F3N3O5. The molecule has 3 heterocycles. The van der Waals surface area contributed by atoms with Crippen molar-refractivity contribution in [2.75, 3.05) is 39.0 Å². The molecule has 4 N–H and O–H groups in total. The number of carbonyl (C=O) groups excluding carboxylic acids is 2. The normalized spacial score (nSPS) is 32.0. The maximum absolute atomic E-state index is 16.0.